The zero-order chi connectivity index (χ0) is 17.6. The van der Waals surface area contributed by atoms with Crippen molar-refractivity contribution in [2.24, 2.45) is 0 Å². The van der Waals surface area contributed by atoms with Crippen LogP contribution in [0.25, 0.3) is 11.1 Å². The van der Waals surface area contributed by atoms with Crippen molar-refractivity contribution in [1.82, 2.24) is 4.98 Å². The number of furan rings is 1. The van der Waals surface area contributed by atoms with Gasteiger partial charge in [-0.2, -0.15) is 0 Å². The quantitative estimate of drug-likeness (QED) is 0.736. The number of carbonyl (C=O) groups is 2. The molecule has 0 bridgehead atoms. The minimum Gasteiger partial charge on any atom is -0.481 e. The van der Waals surface area contributed by atoms with Gasteiger partial charge in [0.1, 0.15) is 17.7 Å². The monoisotopic (exact) mass is 340 g/mol. The highest BCUT2D eigenvalue weighted by Crippen LogP contribution is 2.40. The first kappa shape index (κ1) is 15.4. The van der Waals surface area contributed by atoms with E-state index in [1.165, 1.54) is 6.26 Å². The zero-order valence-corrected chi connectivity index (χ0v) is 13.5. The van der Waals surface area contributed by atoms with Crippen LogP contribution in [0.4, 0.5) is 5.69 Å². The molecule has 7 heteroatoms. The number of oxazole rings is 1. The van der Waals surface area contributed by atoms with Gasteiger partial charge in [-0.15, -0.1) is 0 Å². The fourth-order valence-corrected chi connectivity index (χ4v) is 2.79. The number of hydrogen-bond acceptors (Lipinski definition) is 5. The van der Waals surface area contributed by atoms with Crippen molar-refractivity contribution in [2.75, 3.05) is 5.32 Å². The maximum Gasteiger partial charge on any atom is 0.311 e. The lowest BCUT2D eigenvalue weighted by molar-refractivity contribution is -0.136. The largest absolute Gasteiger partial charge is 0.481 e. The molecule has 1 aliphatic carbocycles. The van der Waals surface area contributed by atoms with Gasteiger partial charge in [-0.3, -0.25) is 9.59 Å². The molecule has 0 aliphatic heterocycles. The Morgan fingerprint density at radius 3 is 2.88 bits per heavy atom. The first-order chi connectivity index (χ1) is 12.0. The minimum atomic E-state index is -1.06. The van der Waals surface area contributed by atoms with Crippen LogP contribution in [0.1, 0.15) is 46.3 Å². The average Bonchev–Trinajstić information content (AvgIpc) is 3.22. The first-order valence-electron chi connectivity index (χ1n) is 8.02. The third-order valence-corrected chi connectivity index (χ3v) is 4.18. The van der Waals surface area contributed by atoms with Crippen molar-refractivity contribution in [3.63, 3.8) is 0 Å². The Bertz CT molecular complexity index is 981. The summed E-state index contributed by atoms with van der Waals surface area (Å²) in [4.78, 5) is 27.9. The number of amides is 1. The second-order valence-electron chi connectivity index (χ2n) is 6.25. The number of aromatic nitrogens is 1. The first-order valence-corrected chi connectivity index (χ1v) is 8.02. The summed E-state index contributed by atoms with van der Waals surface area (Å²) in [5.74, 6) is -0.167. The van der Waals surface area contributed by atoms with E-state index < -0.39 is 11.9 Å². The lowest BCUT2D eigenvalue weighted by Crippen LogP contribution is -2.15. The Hall–Kier alpha value is -3.09. The Balaban J connectivity index is 1.59. The van der Waals surface area contributed by atoms with Gasteiger partial charge in [0.25, 0.3) is 5.91 Å². The van der Waals surface area contributed by atoms with Crippen molar-refractivity contribution < 1.29 is 23.5 Å². The molecule has 7 nitrogen and oxygen atoms in total. The molecule has 1 fully saturated rings. The van der Waals surface area contributed by atoms with Gasteiger partial charge in [0.2, 0.25) is 0 Å². The number of hydrogen-bond donors (Lipinski definition) is 2. The smallest absolute Gasteiger partial charge is 0.311 e. The molecule has 128 valence electrons. The fourth-order valence-electron chi connectivity index (χ4n) is 2.79. The summed E-state index contributed by atoms with van der Waals surface area (Å²) >= 11 is 0. The van der Waals surface area contributed by atoms with Crippen LogP contribution in [0.2, 0.25) is 0 Å². The molecule has 0 atom stereocenters. The van der Waals surface area contributed by atoms with E-state index in [0.717, 1.165) is 18.7 Å². The minimum absolute atomic E-state index is 0.140. The van der Waals surface area contributed by atoms with Gasteiger partial charge in [0, 0.05) is 17.2 Å². The summed E-state index contributed by atoms with van der Waals surface area (Å²) < 4.78 is 10.9. The van der Waals surface area contributed by atoms with Crippen molar-refractivity contribution in [1.29, 1.82) is 0 Å². The fraction of sp³-hybridized carbons (Fsp3) is 0.278. The van der Waals surface area contributed by atoms with Crippen LogP contribution in [0.5, 0.6) is 0 Å². The lowest BCUT2D eigenvalue weighted by Gasteiger charge is -2.05. The van der Waals surface area contributed by atoms with Crippen LogP contribution < -0.4 is 5.32 Å². The van der Waals surface area contributed by atoms with E-state index in [4.69, 9.17) is 13.9 Å². The van der Waals surface area contributed by atoms with Gasteiger partial charge in [0.05, 0.1) is 11.8 Å². The summed E-state index contributed by atoms with van der Waals surface area (Å²) in [5, 5.41) is 11.7. The van der Waals surface area contributed by atoms with Crippen molar-refractivity contribution in [2.45, 2.75) is 32.1 Å². The number of rotatable bonds is 5. The Morgan fingerprint density at radius 2 is 2.16 bits per heavy atom. The number of aliphatic carboxylic acids is 1. The van der Waals surface area contributed by atoms with Crippen LogP contribution >= 0.6 is 0 Å². The van der Waals surface area contributed by atoms with Gasteiger partial charge < -0.3 is 19.3 Å². The number of fused-ring (bicyclic) bond motifs is 1. The molecule has 25 heavy (non-hydrogen) atoms. The number of aryl methyl sites for hydroxylation is 1. The summed E-state index contributed by atoms with van der Waals surface area (Å²) in [6, 6.07) is 5.24. The standard InChI is InChI=1S/C18H16N2O5/c1-9-8-24-14(7-15(21)22)16(9)17(23)19-11-4-5-13-12(6-11)20-18(25-13)10-2-3-10/h4-6,8,10H,2-3,7H2,1H3,(H,19,23)(H,21,22). The second-order valence-corrected chi connectivity index (χ2v) is 6.25. The number of nitrogens with zero attached hydrogens (tertiary/aromatic N) is 1. The predicted octanol–water partition coefficient (Wildman–Crippen LogP) is 3.49. The highest BCUT2D eigenvalue weighted by atomic mass is 16.4. The average molecular weight is 340 g/mol. The summed E-state index contributed by atoms with van der Waals surface area (Å²) in [5.41, 5.74) is 2.78. The van der Waals surface area contributed by atoms with Crippen LogP contribution in [-0.4, -0.2) is 22.0 Å². The van der Waals surface area contributed by atoms with Crippen molar-refractivity contribution in [3.05, 3.63) is 47.2 Å². The second kappa shape index (κ2) is 5.77. The molecule has 0 radical (unpaired) electrons. The van der Waals surface area contributed by atoms with Crippen LogP contribution in [0, 0.1) is 6.92 Å². The van der Waals surface area contributed by atoms with E-state index in [-0.39, 0.29) is 17.7 Å². The maximum absolute atomic E-state index is 12.5. The molecule has 0 unspecified atom stereocenters. The van der Waals surface area contributed by atoms with E-state index in [1.807, 2.05) is 0 Å². The number of benzene rings is 1. The van der Waals surface area contributed by atoms with Gasteiger partial charge in [-0.1, -0.05) is 0 Å². The highest BCUT2D eigenvalue weighted by Gasteiger charge is 2.29. The highest BCUT2D eigenvalue weighted by molar-refractivity contribution is 6.07. The van der Waals surface area contributed by atoms with Crippen molar-refractivity contribution >= 4 is 28.7 Å². The molecule has 4 rings (SSSR count). The SMILES string of the molecule is Cc1coc(CC(=O)O)c1C(=O)Nc1ccc2oc(C3CC3)nc2c1. The van der Waals surface area contributed by atoms with Crippen LogP contribution in [0.15, 0.2) is 33.3 Å². The summed E-state index contributed by atoms with van der Waals surface area (Å²) in [7, 11) is 0. The van der Waals surface area contributed by atoms with E-state index in [0.29, 0.717) is 28.3 Å². The molecular formula is C18H16N2O5. The van der Waals surface area contributed by atoms with Gasteiger partial charge in [-0.05, 0) is 38.0 Å². The molecule has 2 aromatic heterocycles. The van der Waals surface area contributed by atoms with Gasteiger partial charge in [0.15, 0.2) is 11.5 Å². The third-order valence-electron chi connectivity index (χ3n) is 4.18. The molecule has 2 N–H and O–H groups in total. The van der Waals surface area contributed by atoms with Gasteiger partial charge in [-0.25, -0.2) is 4.98 Å². The third kappa shape index (κ3) is 3.00. The molecule has 0 saturated heterocycles. The number of carbonyl (C=O) groups excluding carboxylic acids is 1. The van der Waals surface area contributed by atoms with E-state index >= 15 is 0 Å². The predicted molar refractivity (Wildman–Crippen MR) is 88.7 cm³/mol. The Kier molecular flexibility index (Phi) is 3.56. The van der Waals surface area contributed by atoms with Crippen molar-refractivity contribution in [3.8, 4) is 0 Å². The zero-order valence-electron chi connectivity index (χ0n) is 13.5. The maximum atomic E-state index is 12.5. The molecule has 1 aliphatic rings. The lowest BCUT2D eigenvalue weighted by atomic mass is 10.1. The summed E-state index contributed by atoms with van der Waals surface area (Å²) in [6.07, 6.45) is 3.24. The normalized spacial score (nSPS) is 14.0. The molecular weight excluding hydrogens is 324 g/mol. The number of nitrogens with one attached hydrogen (secondary N) is 1. The summed E-state index contributed by atoms with van der Waals surface area (Å²) in [6.45, 7) is 1.70. The molecule has 1 amide bonds. The van der Waals surface area contributed by atoms with Gasteiger partial charge >= 0.3 is 5.97 Å². The van der Waals surface area contributed by atoms with Crippen LogP contribution in [0.3, 0.4) is 0 Å². The topological polar surface area (TPSA) is 106 Å². The van der Waals surface area contributed by atoms with E-state index in [2.05, 4.69) is 10.3 Å². The number of carboxylic acid groups (broad SMARTS) is 1. The molecule has 1 saturated carbocycles. The molecule has 1 aromatic carbocycles. The van der Waals surface area contributed by atoms with E-state index in [1.54, 1.807) is 25.1 Å². The Morgan fingerprint density at radius 1 is 1.36 bits per heavy atom. The number of carboxylic acids is 1. The van der Waals surface area contributed by atoms with E-state index in [9.17, 15) is 9.59 Å². The molecule has 0 spiro atoms. The van der Waals surface area contributed by atoms with Crippen LogP contribution in [-0.2, 0) is 11.2 Å². The Labute approximate surface area is 142 Å². The molecule has 2 heterocycles. The number of anilines is 1. The molecule has 3 aromatic rings.